The van der Waals surface area contributed by atoms with Gasteiger partial charge >= 0.3 is 0 Å². The van der Waals surface area contributed by atoms with E-state index >= 15 is 0 Å². The van der Waals surface area contributed by atoms with Crippen LogP contribution in [0.5, 0.6) is 0 Å². The first-order valence-electron chi connectivity index (χ1n) is 5.94. The van der Waals surface area contributed by atoms with E-state index in [-0.39, 0.29) is 6.10 Å². The third kappa shape index (κ3) is 4.22. The fourth-order valence-corrected chi connectivity index (χ4v) is 2.42. The van der Waals surface area contributed by atoms with Crippen LogP contribution in [0.25, 0.3) is 0 Å². The van der Waals surface area contributed by atoms with Crippen molar-refractivity contribution in [3.63, 3.8) is 0 Å². The quantitative estimate of drug-likeness (QED) is 0.735. The van der Waals surface area contributed by atoms with Gasteiger partial charge in [-0.25, -0.2) is 0 Å². The smallest absolute Gasteiger partial charge is 0.0715 e. The highest BCUT2D eigenvalue weighted by Gasteiger charge is 2.07. The van der Waals surface area contributed by atoms with Crippen molar-refractivity contribution in [3.05, 3.63) is 23.8 Å². The van der Waals surface area contributed by atoms with E-state index in [2.05, 4.69) is 30.4 Å². The van der Waals surface area contributed by atoms with Crippen LogP contribution in [0.4, 0.5) is 5.69 Å². The number of anilines is 1. The maximum atomic E-state index is 5.84. The Bertz CT molecular complexity index is 344. The fraction of sp³-hybridized carbons (Fsp3) is 0.538. The third-order valence-electron chi connectivity index (χ3n) is 2.62. The van der Waals surface area contributed by atoms with E-state index in [0.29, 0.717) is 6.54 Å². The second kappa shape index (κ2) is 7.58. The van der Waals surface area contributed by atoms with Gasteiger partial charge < -0.3 is 15.8 Å². The summed E-state index contributed by atoms with van der Waals surface area (Å²) in [6.45, 7) is 5.55. The number of nitrogens with two attached hydrogens (primary N) is 1. The molecule has 0 spiro atoms. The zero-order chi connectivity index (χ0) is 12.7. The summed E-state index contributed by atoms with van der Waals surface area (Å²) in [5.74, 6) is 1.06. The van der Waals surface area contributed by atoms with Gasteiger partial charge in [0.15, 0.2) is 0 Å². The van der Waals surface area contributed by atoms with Crippen molar-refractivity contribution in [2.24, 2.45) is 5.73 Å². The molecule has 0 amide bonds. The highest BCUT2D eigenvalue weighted by atomic mass is 32.2. The van der Waals surface area contributed by atoms with Crippen LogP contribution >= 0.6 is 11.8 Å². The Hall–Kier alpha value is -0.710. The molecule has 0 saturated carbocycles. The molecule has 17 heavy (non-hydrogen) atoms. The molecular weight excluding hydrogens is 232 g/mol. The van der Waals surface area contributed by atoms with Crippen LogP contribution < -0.4 is 11.1 Å². The number of ether oxygens (including phenoxy) is 1. The minimum Gasteiger partial charge on any atom is -0.382 e. The molecule has 0 fully saturated rings. The lowest BCUT2D eigenvalue weighted by Crippen LogP contribution is -2.19. The maximum absolute atomic E-state index is 5.84. The molecular formula is C13H22N2OS. The van der Waals surface area contributed by atoms with Crippen molar-refractivity contribution in [2.45, 2.75) is 31.4 Å². The average Bonchev–Trinajstić information content (AvgIpc) is 2.36. The van der Waals surface area contributed by atoms with Crippen LogP contribution in [0.3, 0.4) is 0 Å². The highest BCUT2D eigenvalue weighted by Crippen LogP contribution is 2.28. The molecule has 0 saturated heterocycles. The van der Waals surface area contributed by atoms with Gasteiger partial charge in [0.25, 0.3) is 0 Å². The highest BCUT2D eigenvalue weighted by molar-refractivity contribution is 7.99. The van der Waals surface area contributed by atoms with E-state index in [9.17, 15) is 0 Å². The van der Waals surface area contributed by atoms with E-state index in [0.717, 1.165) is 18.0 Å². The topological polar surface area (TPSA) is 47.3 Å². The molecule has 1 aromatic carbocycles. The molecule has 0 aliphatic rings. The van der Waals surface area contributed by atoms with Crippen LogP contribution in [-0.2, 0) is 11.3 Å². The molecule has 1 unspecified atom stereocenters. The Morgan fingerprint density at radius 1 is 1.47 bits per heavy atom. The minimum atomic E-state index is 0.197. The number of hydrogen-bond acceptors (Lipinski definition) is 4. The molecule has 0 aliphatic heterocycles. The summed E-state index contributed by atoms with van der Waals surface area (Å²) in [5.41, 5.74) is 8.15. The monoisotopic (exact) mass is 254 g/mol. The zero-order valence-corrected chi connectivity index (χ0v) is 11.6. The summed E-state index contributed by atoms with van der Waals surface area (Å²) in [5, 5.41) is 3.40. The van der Waals surface area contributed by atoms with E-state index < -0.39 is 0 Å². The molecule has 3 N–H and O–H groups in total. The van der Waals surface area contributed by atoms with Gasteiger partial charge in [0.1, 0.15) is 0 Å². The van der Waals surface area contributed by atoms with Crippen molar-refractivity contribution < 1.29 is 4.74 Å². The van der Waals surface area contributed by atoms with Crippen molar-refractivity contribution in [1.82, 2.24) is 0 Å². The van der Waals surface area contributed by atoms with Gasteiger partial charge in [0.2, 0.25) is 0 Å². The van der Waals surface area contributed by atoms with Crippen molar-refractivity contribution in [1.29, 1.82) is 0 Å². The van der Waals surface area contributed by atoms with Crippen LogP contribution in [-0.4, -0.2) is 25.5 Å². The van der Waals surface area contributed by atoms with Gasteiger partial charge in [-0.1, -0.05) is 13.0 Å². The normalized spacial score (nSPS) is 12.5. The molecule has 3 nitrogen and oxygen atoms in total. The van der Waals surface area contributed by atoms with Crippen molar-refractivity contribution in [3.8, 4) is 0 Å². The van der Waals surface area contributed by atoms with E-state index in [1.807, 2.05) is 18.7 Å². The predicted octanol–water partition coefficient (Wildman–Crippen LogP) is 2.70. The number of methoxy groups -OCH3 is 1. The summed E-state index contributed by atoms with van der Waals surface area (Å²) in [4.78, 5) is 1.27. The summed E-state index contributed by atoms with van der Waals surface area (Å²) < 4.78 is 5.22. The first-order valence-corrected chi connectivity index (χ1v) is 6.92. The number of nitrogens with one attached hydrogen (secondary N) is 1. The molecule has 1 aromatic rings. The van der Waals surface area contributed by atoms with Gasteiger partial charge in [-0.3, -0.25) is 0 Å². The zero-order valence-electron chi connectivity index (χ0n) is 10.8. The molecule has 0 bridgehead atoms. The summed E-state index contributed by atoms with van der Waals surface area (Å²) in [6, 6.07) is 6.27. The van der Waals surface area contributed by atoms with Crippen LogP contribution in [0.2, 0.25) is 0 Å². The first-order chi connectivity index (χ1) is 8.22. The molecule has 0 radical (unpaired) electrons. The second-order valence-electron chi connectivity index (χ2n) is 3.85. The lowest BCUT2D eigenvalue weighted by Gasteiger charge is -2.16. The summed E-state index contributed by atoms with van der Waals surface area (Å²) >= 11 is 1.83. The average molecular weight is 254 g/mol. The van der Waals surface area contributed by atoms with Crippen LogP contribution in [0.15, 0.2) is 23.1 Å². The molecule has 1 atom stereocenters. The largest absolute Gasteiger partial charge is 0.382 e. The Morgan fingerprint density at radius 2 is 2.24 bits per heavy atom. The summed E-state index contributed by atoms with van der Waals surface area (Å²) in [6.07, 6.45) is 0.197. The van der Waals surface area contributed by atoms with Gasteiger partial charge in [-0.05, 0) is 24.8 Å². The fourth-order valence-electron chi connectivity index (χ4n) is 1.57. The van der Waals surface area contributed by atoms with Gasteiger partial charge in [0.05, 0.1) is 6.10 Å². The Morgan fingerprint density at radius 3 is 2.82 bits per heavy atom. The molecule has 0 aliphatic carbocycles. The lowest BCUT2D eigenvalue weighted by atomic mass is 10.1. The maximum Gasteiger partial charge on any atom is 0.0715 e. The van der Waals surface area contributed by atoms with Crippen LogP contribution in [0, 0.1) is 0 Å². The standard InChI is InChI=1S/C13H22N2OS/c1-4-17-13-7-5-6-12(11(13)8-14)15-9-10(2)16-3/h5-7,10,15H,4,8-9,14H2,1-3H3. The first kappa shape index (κ1) is 14.4. The van der Waals surface area contributed by atoms with E-state index in [1.165, 1.54) is 10.5 Å². The number of rotatable bonds is 7. The van der Waals surface area contributed by atoms with Gasteiger partial charge in [-0.15, -0.1) is 11.8 Å². The second-order valence-corrected chi connectivity index (χ2v) is 5.15. The van der Waals surface area contributed by atoms with E-state index in [4.69, 9.17) is 10.5 Å². The lowest BCUT2D eigenvalue weighted by molar-refractivity contribution is 0.129. The SMILES string of the molecule is CCSc1cccc(NCC(C)OC)c1CN. The molecule has 4 heteroatoms. The number of benzene rings is 1. The number of hydrogen-bond donors (Lipinski definition) is 2. The Kier molecular flexibility index (Phi) is 6.40. The summed E-state index contributed by atoms with van der Waals surface area (Å²) in [7, 11) is 1.72. The van der Waals surface area contributed by atoms with Crippen LogP contribution in [0.1, 0.15) is 19.4 Å². The number of thioether (sulfide) groups is 1. The molecule has 96 valence electrons. The van der Waals surface area contributed by atoms with Crippen molar-refractivity contribution >= 4 is 17.4 Å². The van der Waals surface area contributed by atoms with Crippen molar-refractivity contribution in [2.75, 3.05) is 24.7 Å². The van der Waals surface area contributed by atoms with E-state index in [1.54, 1.807) is 7.11 Å². The predicted molar refractivity (Wildman–Crippen MR) is 75.7 cm³/mol. The molecule has 1 rings (SSSR count). The Labute approximate surface area is 108 Å². The van der Waals surface area contributed by atoms with Gasteiger partial charge in [0, 0.05) is 36.3 Å². The molecule has 0 aromatic heterocycles. The third-order valence-corrected chi connectivity index (χ3v) is 3.60. The van der Waals surface area contributed by atoms with Gasteiger partial charge in [-0.2, -0.15) is 0 Å². The molecule has 0 heterocycles. The Balaban J connectivity index is 2.79. The minimum absolute atomic E-state index is 0.197.